The van der Waals surface area contributed by atoms with Crippen LogP contribution in [0.5, 0.6) is 0 Å². The first kappa shape index (κ1) is 33.8. The first-order valence-electron chi connectivity index (χ1n) is 20.0. The molecule has 0 amide bonds. The molecule has 1 aliphatic carbocycles. The van der Waals surface area contributed by atoms with Gasteiger partial charge in [-0.05, 0) is 104 Å². The average molecular weight is 742 g/mol. The SMILES string of the molecule is c1ccc(-c2cnc(NCc3cccc(-c4ccc5c(c4)-c4ccccc4C54c5ccccc5N(c5ccccc5)c5ccccc54)c3)c(-c3ccccc3)c2)cc1. The number of benzene rings is 8. The van der Waals surface area contributed by atoms with Crippen LogP contribution in [-0.2, 0) is 12.0 Å². The monoisotopic (exact) mass is 741 g/mol. The van der Waals surface area contributed by atoms with Gasteiger partial charge in [-0.15, -0.1) is 0 Å². The molecular formula is C55H39N3. The number of nitrogens with one attached hydrogen (secondary N) is 1. The van der Waals surface area contributed by atoms with Crippen LogP contribution in [-0.4, -0.2) is 4.98 Å². The molecule has 0 fully saturated rings. The molecule has 3 heteroatoms. The van der Waals surface area contributed by atoms with Gasteiger partial charge >= 0.3 is 0 Å². The molecule has 3 nitrogen and oxygen atoms in total. The minimum absolute atomic E-state index is 0.464. The Balaban J connectivity index is 0.980. The number of hydrogen-bond acceptors (Lipinski definition) is 3. The standard InChI is InChI=1S/C55H39N3/c1-4-18-39(19-5-1)43-35-46(40-20-6-2-7-21-40)54(57-37-43)56-36-38-17-16-22-41(33-38)42-31-32-49-47(34-42)45-25-10-11-26-48(45)55(49)50-27-12-14-29-52(50)58(44-23-8-3-9-24-44)53-30-15-13-28-51(53)55/h1-35,37H,36H2,(H,56,57). The van der Waals surface area contributed by atoms with Crippen LogP contribution >= 0.6 is 0 Å². The Morgan fingerprint density at radius 2 is 0.948 bits per heavy atom. The summed E-state index contributed by atoms with van der Waals surface area (Å²) in [6.07, 6.45) is 1.97. The molecule has 9 aromatic rings. The zero-order chi connectivity index (χ0) is 38.5. The number of hydrogen-bond donors (Lipinski definition) is 1. The molecule has 11 rings (SSSR count). The molecular weight excluding hydrogens is 703 g/mol. The number of nitrogens with zero attached hydrogens (tertiary/aromatic N) is 2. The molecule has 8 aromatic carbocycles. The minimum atomic E-state index is -0.464. The van der Waals surface area contributed by atoms with Crippen molar-refractivity contribution < 1.29 is 0 Å². The quantitative estimate of drug-likeness (QED) is 0.176. The Hall–Kier alpha value is -7.49. The highest BCUT2D eigenvalue weighted by Gasteiger charge is 2.51. The summed E-state index contributed by atoms with van der Waals surface area (Å²) < 4.78 is 0. The normalized spacial score (nSPS) is 13.0. The Morgan fingerprint density at radius 3 is 1.67 bits per heavy atom. The summed E-state index contributed by atoms with van der Waals surface area (Å²) in [5.41, 5.74) is 19.0. The van der Waals surface area contributed by atoms with E-state index in [-0.39, 0.29) is 0 Å². The second-order valence-corrected chi connectivity index (χ2v) is 15.2. The molecule has 0 radical (unpaired) electrons. The lowest BCUT2D eigenvalue weighted by Gasteiger charge is -2.45. The third-order valence-electron chi connectivity index (χ3n) is 12.0. The van der Waals surface area contributed by atoms with Gasteiger partial charge in [0.15, 0.2) is 0 Å². The van der Waals surface area contributed by atoms with Crippen LogP contribution < -0.4 is 10.2 Å². The Labute approximate surface area is 339 Å². The van der Waals surface area contributed by atoms with Crippen molar-refractivity contribution >= 4 is 22.9 Å². The van der Waals surface area contributed by atoms with E-state index in [4.69, 9.17) is 4.98 Å². The zero-order valence-electron chi connectivity index (χ0n) is 31.9. The summed E-state index contributed by atoms with van der Waals surface area (Å²) in [7, 11) is 0. The van der Waals surface area contributed by atoms with Crippen molar-refractivity contribution in [2.45, 2.75) is 12.0 Å². The molecule has 1 aromatic heterocycles. The van der Waals surface area contributed by atoms with Crippen molar-refractivity contribution in [3.63, 3.8) is 0 Å². The fraction of sp³-hybridized carbons (Fsp3) is 0.0364. The van der Waals surface area contributed by atoms with Crippen LogP contribution in [0.4, 0.5) is 22.9 Å². The van der Waals surface area contributed by atoms with Crippen molar-refractivity contribution in [3.05, 3.63) is 246 Å². The van der Waals surface area contributed by atoms with E-state index in [2.05, 4.69) is 216 Å². The third kappa shape index (κ3) is 5.39. The molecule has 2 heterocycles. The fourth-order valence-electron chi connectivity index (χ4n) is 9.42. The molecule has 1 N–H and O–H groups in total. The van der Waals surface area contributed by atoms with Crippen molar-refractivity contribution in [3.8, 4) is 44.5 Å². The lowest BCUT2D eigenvalue weighted by Crippen LogP contribution is -2.36. The highest BCUT2D eigenvalue weighted by Crippen LogP contribution is 2.63. The fourth-order valence-corrected chi connectivity index (χ4v) is 9.42. The van der Waals surface area contributed by atoms with Crippen LogP contribution in [0.25, 0.3) is 44.5 Å². The topological polar surface area (TPSA) is 28.2 Å². The van der Waals surface area contributed by atoms with Crippen molar-refractivity contribution in [1.82, 2.24) is 4.98 Å². The van der Waals surface area contributed by atoms with Gasteiger partial charge in [-0.1, -0.05) is 170 Å². The van der Waals surface area contributed by atoms with E-state index in [1.165, 1.54) is 61.4 Å². The molecule has 0 unspecified atom stereocenters. The number of aromatic nitrogens is 1. The van der Waals surface area contributed by atoms with Gasteiger partial charge < -0.3 is 10.2 Å². The molecule has 2 aliphatic rings. The molecule has 0 atom stereocenters. The Kier molecular flexibility index (Phi) is 8.11. The van der Waals surface area contributed by atoms with Gasteiger partial charge in [0.1, 0.15) is 5.82 Å². The smallest absolute Gasteiger partial charge is 0.134 e. The summed E-state index contributed by atoms with van der Waals surface area (Å²) in [6, 6.07) is 77.0. The predicted octanol–water partition coefficient (Wildman–Crippen LogP) is 13.8. The van der Waals surface area contributed by atoms with Gasteiger partial charge in [0.05, 0.1) is 16.8 Å². The predicted molar refractivity (Wildman–Crippen MR) is 240 cm³/mol. The van der Waals surface area contributed by atoms with Gasteiger partial charge in [0, 0.05) is 29.6 Å². The summed E-state index contributed by atoms with van der Waals surface area (Å²) in [5, 5.41) is 3.70. The van der Waals surface area contributed by atoms with Crippen molar-refractivity contribution in [2.75, 3.05) is 10.2 Å². The van der Waals surface area contributed by atoms with Crippen LogP contribution in [0.3, 0.4) is 0 Å². The number of pyridine rings is 1. The van der Waals surface area contributed by atoms with Gasteiger partial charge in [0.2, 0.25) is 0 Å². The first-order valence-corrected chi connectivity index (χ1v) is 20.0. The Morgan fingerprint density at radius 1 is 0.397 bits per heavy atom. The second-order valence-electron chi connectivity index (χ2n) is 15.2. The van der Waals surface area contributed by atoms with E-state index < -0.39 is 5.41 Å². The van der Waals surface area contributed by atoms with Gasteiger partial charge in [-0.2, -0.15) is 0 Å². The summed E-state index contributed by atoms with van der Waals surface area (Å²) in [4.78, 5) is 7.40. The molecule has 1 spiro atoms. The van der Waals surface area contributed by atoms with Crippen molar-refractivity contribution in [1.29, 1.82) is 0 Å². The third-order valence-corrected chi connectivity index (χ3v) is 12.0. The van der Waals surface area contributed by atoms with Gasteiger partial charge in [-0.3, -0.25) is 0 Å². The summed E-state index contributed by atoms with van der Waals surface area (Å²) >= 11 is 0. The maximum Gasteiger partial charge on any atom is 0.134 e. The molecule has 0 bridgehead atoms. The molecule has 1 aliphatic heterocycles. The first-order chi connectivity index (χ1) is 28.8. The zero-order valence-corrected chi connectivity index (χ0v) is 31.9. The molecule has 58 heavy (non-hydrogen) atoms. The number of anilines is 4. The van der Waals surface area contributed by atoms with E-state index in [0.29, 0.717) is 6.54 Å². The molecule has 274 valence electrons. The van der Waals surface area contributed by atoms with Crippen LogP contribution in [0, 0.1) is 0 Å². The maximum atomic E-state index is 4.97. The van der Waals surface area contributed by atoms with Crippen LogP contribution in [0.15, 0.2) is 219 Å². The highest BCUT2D eigenvalue weighted by atomic mass is 15.2. The maximum absolute atomic E-state index is 4.97. The lowest BCUT2D eigenvalue weighted by atomic mass is 9.64. The highest BCUT2D eigenvalue weighted by molar-refractivity contribution is 5.96. The largest absolute Gasteiger partial charge is 0.365 e. The van der Waals surface area contributed by atoms with E-state index >= 15 is 0 Å². The van der Waals surface area contributed by atoms with Gasteiger partial charge in [0.25, 0.3) is 0 Å². The van der Waals surface area contributed by atoms with E-state index in [1.807, 2.05) is 12.3 Å². The van der Waals surface area contributed by atoms with E-state index in [0.717, 1.165) is 33.8 Å². The molecule has 0 saturated heterocycles. The Bertz CT molecular complexity index is 2910. The van der Waals surface area contributed by atoms with E-state index in [1.54, 1.807) is 0 Å². The minimum Gasteiger partial charge on any atom is -0.365 e. The van der Waals surface area contributed by atoms with E-state index in [9.17, 15) is 0 Å². The molecule has 0 saturated carbocycles. The van der Waals surface area contributed by atoms with Gasteiger partial charge in [-0.25, -0.2) is 4.98 Å². The average Bonchev–Trinajstić information content (AvgIpc) is 3.59. The summed E-state index contributed by atoms with van der Waals surface area (Å²) in [5.74, 6) is 0.870. The van der Waals surface area contributed by atoms with Crippen LogP contribution in [0.1, 0.15) is 27.8 Å². The number of rotatable bonds is 7. The summed E-state index contributed by atoms with van der Waals surface area (Å²) in [6.45, 7) is 0.647. The second kappa shape index (κ2) is 13.9. The number of fused-ring (bicyclic) bond motifs is 9. The van der Waals surface area contributed by atoms with Crippen LogP contribution in [0.2, 0.25) is 0 Å². The number of para-hydroxylation sites is 3. The lowest BCUT2D eigenvalue weighted by molar-refractivity contribution is 0.753. The van der Waals surface area contributed by atoms with Crippen molar-refractivity contribution in [2.24, 2.45) is 0 Å².